The molecule has 2 aromatic heterocycles. The van der Waals surface area contributed by atoms with Gasteiger partial charge in [0.2, 0.25) is 0 Å². The summed E-state index contributed by atoms with van der Waals surface area (Å²) in [7, 11) is -2.07. The lowest BCUT2D eigenvalue weighted by Gasteiger charge is -2.13. The van der Waals surface area contributed by atoms with Gasteiger partial charge in [-0.05, 0) is 38.5 Å². The molecule has 0 amide bonds. The molecule has 0 spiro atoms. The number of phenols is 1. The number of pyridine rings is 1. The molecule has 0 bridgehead atoms. The van der Waals surface area contributed by atoms with Crippen LogP contribution in [0.1, 0.15) is 16.8 Å². The first-order valence-electron chi connectivity index (χ1n) is 7.32. The number of benzene rings is 1. The number of nitrogens with one attached hydrogen (secondary N) is 1. The van der Waals surface area contributed by atoms with Crippen molar-refractivity contribution in [3.05, 3.63) is 41.2 Å². The van der Waals surface area contributed by atoms with Crippen LogP contribution in [-0.4, -0.2) is 28.3 Å². The molecule has 0 aliphatic rings. The maximum Gasteiger partial charge on any atom is 0.263 e. The maximum absolute atomic E-state index is 12.7. The molecule has 0 saturated carbocycles. The number of aromatic nitrogens is 3. The molecule has 0 atom stereocenters. The van der Waals surface area contributed by atoms with Crippen molar-refractivity contribution in [2.24, 2.45) is 7.05 Å². The molecular formula is C16H18N4O3S. The summed E-state index contributed by atoms with van der Waals surface area (Å²) >= 11 is 0. The summed E-state index contributed by atoms with van der Waals surface area (Å²) < 4.78 is 29.4. The van der Waals surface area contributed by atoms with Crippen LogP contribution in [0.15, 0.2) is 29.3 Å². The van der Waals surface area contributed by atoms with Crippen LogP contribution in [0, 0.1) is 20.8 Å². The Morgan fingerprint density at radius 3 is 2.62 bits per heavy atom. The number of phenolic OH excluding ortho intramolecular Hbond substituents is 1. The zero-order chi connectivity index (χ0) is 17.6. The molecule has 3 aromatic rings. The normalized spacial score (nSPS) is 11.8. The summed E-state index contributed by atoms with van der Waals surface area (Å²) in [6.07, 6.45) is 1.30. The third-order valence-electron chi connectivity index (χ3n) is 4.03. The summed E-state index contributed by atoms with van der Waals surface area (Å²) in [6, 6.07) is 4.84. The van der Waals surface area contributed by atoms with Gasteiger partial charge in [-0.3, -0.25) is 9.40 Å². The number of hydrogen-bond acceptors (Lipinski definition) is 5. The average Bonchev–Trinajstić information content (AvgIpc) is 2.82. The highest BCUT2D eigenvalue weighted by Crippen LogP contribution is 2.30. The van der Waals surface area contributed by atoms with Crippen molar-refractivity contribution in [2.75, 3.05) is 4.72 Å². The molecule has 126 valence electrons. The van der Waals surface area contributed by atoms with E-state index in [0.717, 1.165) is 0 Å². The number of aryl methyl sites for hydroxylation is 3. The highest BCUT2D eigenvalue weighted by molar-refractivity contribution is 7.92. The van der Waals surface area contributed by atoms with Crippen molar-refractivity contribution >= 4 is 26.7 Å². The Kier molecular flexibility index (Phi) is 3.71. The van der Waals surface area contributed by atoms with Gasteiger partial charge >= 0.3 is 0 Å². The van der Waals surface area contributed by atoms with Crippen LogP contribution in [0.4, 0.5) is 5.69 Å². The average molecular weight is 346 g/mol. The highest BCUT2D eigenvalue weighted by atomic mass is 32.2. The zero-order valence-corrected chi connectivity index (χ0v) is 14.6. The first kappa shape index (κ1) is 16.3. The van der Waals surface area contributed by atoms with Crippen LogP contribution >= 0.6 is 0 Å². The van der Waals surface area contributed by atoms with Crippen LogP contribution < -0.4 is 4.72 Å². The molecule has 0 radical (unpaired) electrons. The van der Waals surface area contributed by atoms with Gasteiger partial charge in [0, 0.05) is 24.2 Å². The van der Waals surface area contributed by atoms with Gasteiger partial charge in [0.15, 0.2) is 5.65 Å². The van der Waals surface area contributed by atoms with E-state index in [4.69, 9.17) is 0 Å². The van der Waals surface area contributed by atoms with Gasteiger partial charge in [-0.25, -0.2) is 13.4 Å². The number of nitrogens with zero attached hydrogens (tertiary/aromatic N) is 3. The molecule has 0 unspecified atom stereocenters. The minimum Gasteiger partial charge on any atom is -0.507 e. The number of anilines is 1. The first-order chi connectivity index (χ1) is 11.2. The van der Waals surface area contributed by atoms with Crippen molar-refractivity contribution in [3.8, 4) is 5.75 Å². The fourth-order valence-electron chi connectivity index (χ4n) is 2.59. The van der Waals surface area contributed by atoms with Gasteiger partial charge in [0.1, 0.15) is 10.6 Å². The molecule has 1 aromatic carbocycles. The van der Waals surface area contributed by atoms with Gasteiger partial charge in [-0.15, -0.1) is 0 Å². The molecule has 24 heavy (non-hydrogen) atoms. The maximum atomic E-state index is 12.7. The molecule has 2 N–H and O–H groups in total. The summed E-state index contributed by atoms with van der Waals surface area (Å²) in [5.41, 5.74) is 2.83. The van der Waals surface area contributed by atoms with E-state index in [-0.39, 0.29) is 10.6 Å². The summed E-state index contributed by atoms with van der Waals surface area (Å²) in [4.78, 5) is 4.24. The van der Waals surface area contributed by atoms with Gasteiger partial charge < -0.3 is 5.11 Å². The summed E-state index contributed by atoms with van der Waals surface area (Å²) in [5, 5.41) is 14.9. The van der Waals surface area contributed by atoms with E-state index in [9.17, 15) is 13.5 Å². The Bertz CT molecular complexity index is 1050. The van der Waals surface area contributed by atoms with Gasteiger partial charge in [-0.2, -0.15) is 5.10 Å². The van der Waals surface area contributed by atoms with Crippen molar-refractivity contribution in [2.45, 2.75) is 25.7 Å². The summed E-state index contributed by atoms with van der Waals surface area (Å²) in [6.45, 7) is 5.21. The zero-order valence-electron chi connectivity index (χ0n) is 13.8. The second kappa shape index (κ2) is 5.48. The SMILES string of the molecule is Cc1ccc(NS(=O)(=O)c2cnc3c(c2)c(C)nn3C)c(C)c1O. The standard InChI is InChI=1S/C16H18N4O3S/c1-9-5-6-14(10(2)15(9)21)19-24(22,23)12-7-13-11(3)18-20(4)16(13)17-8-12/h5-8,19,21H,1-4H3. The molecular weight excluding hydrogens is 328 g/mol. The number of rotatable bonds is 3. The lowest BCUT2D eigenvalue weighted by molar-refractivity contribution is 0.467. The smallest absolute Gasteiger partial charge is 0.263 e. The van der Waals surface area contributed by atoms with Crippen molar-refractivity contribution in [1.82, 2.24) is 14.8 Å². The van der Waals surface area contributed by atoms with Crippen molar-refractivity contribution in [1.29, 1.82) is 0 Å². The molecule has 0 aliphatic carbocycles. The van der Waals surface area contributed by atoms with E-state index in [1.165, 1.54) is 6.20 Å². The van der Waals surface area contributed by atoms with Crippen LogP contribution in [0.5, 0.6) is 5.75 Å². The highest BCUT2D eigenvalue weighted by Gasteiger charge is 2.19. The van der Waals surface area contributed by atoms with E-state index in [2.05, 4.69) is 14.8 Å². The fourth-order valence-corrected chi connectivity index (χ4v) is 3.68. The van der Waals surface area contributed by atoms with Crippen LogP contribution in [0.3, 0.4) is 0 Å². The second-order valence-electron chi connectivity index (χ2n) is 5.76. The lowest BCUT2D eigenvalue weighted by atomic mass is 10.1. The first-order valence-corrected chi connectivity index (χ1v) is 8.80. The minimum atomic E-state index is -3.83. The quantitative estimate of drug-likeness (QED) is 0.759. The third-order valence-corrected chi connectivity index (χ3v) is 5.36. The van der Waals surface area contributed by atoms with Gasteiger partial charge in [0.05, 0.1) is 11.4 Å². The van der Waals surface area contributed by atoms with E-state index in [0.29, 0.717) is 33.5 Å². The Morgan fingerprint density at radius 1 is 1.21 bits per heavy atom. The molecule has 0 fully saturated rings. The van der Waals surface area contributed by atoms with Crippen LogP contribution in [0.25, 0.3) is 11.0 Å². The Morgan fingerprint density at radius 2 is 1.92 bits per heavy atom. The van der Waals surface area contributed by atoms with Gasteiger partial charge in [0.25, 0.3) is 10.0 Å². The third kappa shape index (κ3) is 2.58. The number of hydrogen-bond donors (Lipinski definition) is 2. The Hall–Kier alpha value is -2.61. The van der Waals surface area contributed by atoms with Crippen LogP contribution in [-0.2, 0) is 17.1 Å². The van der Waals surface area contributed by atoms with E-state index in [1.54, 1.807) is 50.7 Å². The molecule has 8 heteroatoms. The molecule has 3 rings (SSSR count). The molecule has 7 nitrogen and oxygen atoms in total. The number of fused-ring (bicyclic) bond motifs is 1. The molecule has 2 heterocycles. The topological polar surface area (TPSA) is 97.1 Å². The summed E-state index contributed by atoms with van der Waals surface area (Å²) in [5.74, 6) is 0.0758. The van der Waals surface area contributed by atoms with E-state index >= 15 is 0 Å². The monoisotopic (exact) mass is 346 g/mol. The van der Waals surface area contributed by atoms with E-state index in [1.807, 2.05) is 0 Å². The number of sulfonamides is 1. The Labute approximate surface area is 140 Å². The number of aromatic hydroxyl groups is 1. The van der Waals surface area contributed by atoms with Crippen LogP contribution in [0.2, 0.25) is 0 Å². The van der Waals surface area contributed by atoms with Crippen molar-refractivity contribution < 1.29 is 13.5 Å². The predicted octanol–water partition coefficient (Wildman–Crippen LogP) is 2.40. The molecule has 0 aliphatic heterocycles. The largest absolute Gasteiger partial charge is 0.507 e. The molecule has 0 saturated heterocycles. The lowest BCUT2D eigenvalue weighted by Crippen LogP contribution is -2.14. The minimum absolute atomic E-state index is 0.0468. The Balaban J connectivity index is 2.05. The van der Waals surface area contributed by atoms with Gasteiger partial charge in [-0.1, -0.05) is 6.07 Å². The van der Waals surface area contributed by atoms with E-state index < -0.39 is 10.0 Å². The fraction of sp³-hybridized carbons (Fsp3) is 0.250. The van der Waals surface area contributed by atoms with Crippen molar-refractivity contribution in [3.63, 3.8) is 0 Å². The predicted molar refractivity (Wildman–Crippen MR) is 91.6 cm³/mol. The second-order valence-corrected chi connectivity index (χ2v) is 7.44.